The molecule has 2 aliphatic rings. The van der Waals surface area contributed by atoms with E-state index in [2.05, 4.69) is 5.32 Å². The lowest BCUT2D eigenvalue weighted by molar-refractivity contribution is -0.244. The minimum absolute atomic E-state index is 0.136. The maximum absolute atomic E-state index is 12.7. The quantitative estimate of drug-likeness (QED) is 0.350. The van der Waals surface area contributed by atoms with Gasteiger partial charge >= 0.3 is 0 Å². The molecular formula is C28H44N2O8. The number of primary amides is 1. The molecule has 0 spiro atoms. The van der Waals surface area contributed by atoms with Crippen LogP contribution in [0, 0.1) is 0 Å². The Morgan fingerprint density at radius 3 is 2.16 bits per heavy atom. The maximum Gasteiger partial charge on any atom is 0.243 e. The summed E-state index contributed by atoms with van der Waals surface area (Å²) in [4.78, 5) is 23.6. The second kappa shape index (κ2) is 12.8. The first-order valence-corrected chi connectivity index (χ1v) is 13.3. The van der Waals surface area contributed by atoms with Crippen LogP contribution in [0.4, 0.5) is 5.69 Å². The van der Waals surface area contributed by atoms with E-state index in [1.807, 2.05) is 58.9 Å². The number of benzene rings is 1. The van der Waals surface area contributed by atoms with Gasteiger partial charge in [-0.25, -0.2) is 0 Å². The third kappa shape index (κ3) is 9.91. The molecule has 2 fully saturated rings. The van der Waals surface area contributed by atoms with Crippen molar-refractivity contribution in [3.8, 4) is 0 Å². The Kier molecular flexibility index (Phi) is 10.3. The number of aryl methyl sites for hydroxylation is 1. The zero-order valence-corrected chi connectivity index (χ0v) is 23.4. The first-order chi connectivity index (χ1) is 17.8. The van der Waals surface area contributed by atoms with Gasteiger partial charge in [-0.3, -0.25) is 9.59 Å². The molecule has 10 nitrogen and oxygen atoms in total. The van der Waals surface area contributed by atoms with E-state index in [-0.39, 0.29) is 18.9 Å². The molecule has 2 amide bonds. The maximum atomic E-state index is 12.7. The third-order valence-electron chi connectivity index (χ3n) is 6.72. The summed E-state index contributed by atoms with van der Waals surface area (Å²) in [7, 11) is 0. The molecule has 0 atom stereocenters. The molecule has 2 heterocycles. The van der Waals surface area contributed by atoms with E-state index in [0.717, 1.165) is 17.7 Å². The van der Waals surface area contributed by atoms with Crippen LogP contribution in [0.5, 0.6) is 0 Å². The molecule has 10 heteroatoms. The predicted octanol–water partition coefficient (Wildman–Crippen LogP) is 3.31. The summed E-state index contributed by atoms with van der Waals surface area (Å²) in [5.74, 6) is -2.06. The Morgan fingerprint density at radius 2 is 1.55 bits per heavy atom. The number of carbonyl (C=O) groups excluding carboxylic acids is 2. The summed E-state index contributed by atoms with van der Waals surface area (Å²) >= 11 is 0. The van der Waals surface area contributed by atoms with Crippen LogP contribution >= 0.6 is 0 Å². The molecule has 0 bridgehead atoms. The molecule has 0 radical (unpaired) electrons. The highest BCUT2D eigenvalue weighted by molar-refractivity contribution is 5.91. The van der Waals surface area contributed by atoms with Crippen LogP contribution in [0.2, 0.25) is 0 Å². The normalized spacial score (nSPS) is 19.0. The largest absolute Gasteiger partial charge is 0.375 e. The van der Waals surface area contributed by atoms with Crippen LogP contribution in [0.15, 0.2) is 24.3 Å². The number of hydrogen-bond donors (Lipinski definition) is 2. The number of anilines is 1. The van der Waals surface area contributed by atoms with Gasteiger partial charge in [-0.15, -0.1) is 0 Å². The standard InChI is InChI=1S/C28H44N2O8/c1-25(2,38-19-23(29)31)12-13-33-26(3,4)18-24(32)30-22-8-6-21(7-9-22)10-11-28(36-16-17-37-28)20-27(5)34-14-15-35-27/h6-9H,10-20H2,1-5H3,(H2,29,31)(H,30,32). The highest BCUT2D eigenvalue weighted by Gasteiger charge is 2.46. The summed E-state index contributed by atoms with van der Waals surface area (Å²) in [5, 5.41) is 2.95. The summed E-state index contributed by atoms with van der Waals surface area (Å²) in [6.45, 7) is 11.9. The van der Waals surface area contributed by atoms with Crippen LogP contribution in [0.25, 0.3) is 0 Å². The highest BCUT2D eigenvalue weighted by atomic mass is 16.8. The van der Waals surface area contributed by atoms with Gasteiger partial charge in [0.25, 0.3) is 0 Å². The van der Waals surface area contributed by atoms with E-state index in [1.54, 1.807) is 0 Å². The molecule has 3 N–H and O–H groups in total. The first-order valence-electron chi connectivity index (χ1n) is 13.3. The molecule has 0 aliphatic carbocycles. The number of nitrogens with two attached hydrogens (primary N) is 1. The first kappa shape index (κ1) is 30.5. The molecule has 1 aromatic carbocycles. The van der Waals surface area contributed by atoms with Crippen molar-refractivity contribution >= 4 is 17.5 Å². The van der Waals surface area contributed by atoms with Gasteiger partial charge in [0, 0.05) is 12.1 Å². The minimum Gasteiger partial charge on any atom is -0.375 e. The van der Waals surface area contributed by atoms with Gasteiger partial charge in [0.2, 0.25) is 11.8 Å². The van der Waals surface area contributed by atoms with E-state index >= 15 is 0 Å². The Balaban J connectivity index is 1.43. The fourth-order valence-electron chi connectivity index (χ4n) is 4.62. The number of nitrogens with one attached hydrogen (secondary N) is 1. The van der Waals surface area contributed by atoms with Gasteiger partial charge in [0.05, 0.1) is 57.1 Å². The fourth-order valence-corrected chi connectivity index (χ4v) is 4.62. The second-order valence-electron chi connectivity index (χ2n) is 11.4. The average molecular weight is 537 g/mol. The van der Waals surface area contributed by atoms with Crippen molar-refractivity contribution in [1.29, 1.82) is 0 Å². The minimum atomic E-state index is -0.721. The zero-order valence-electron chi connectivity index (χ0n) is 23.4. The smallest absolute Gasteiger partial charge is 0.243 e. The van der Waals surface area contributed by atoms with Crippen molar-refractivity contribution in [2.45, 2.75) is 89.5 Å². The van der Waals surface area contributed by atoms with Gasteiger partial charge in [-0.05, 0) is 65.2 Å². The van der Waals surface area contributed by atoms with Crippen LogP contribution in [-0.2, 0) is 44.4 Å². The molecule has 1 aromatic rings. The van der Waals surface area contributed by atoms with Crippen molar-refractivity contribution in [1.82, 2.24) is 0 Å². The summed E-state index contributed by atoms with van der Waals surface area (Å²) in [5.41, 5.74) is 5.76. The number of hydrogen-bond acceptors (Lipinski definition) is 8. The van der Waals surface area contributed by atoms with Gasteiger partial charge in [-0.2, -0.15) is 0 Å². The predicted molar refractivity (Wildman–Crippen MR) is 141 cm³/mol. The van der Waals surface area contributed by atoms with Crippen molar-refractivity contribution in [2.75, 3.05) is 45.0 Å². The molecule has 3 rings (SSSR count). The van der Waals surface area contributed by atoms with Crippen LogP contribution < -0.4 is 11.1 Å². The Bertz CT molecular complexity index is 919. The van der Waals surface area contributed by atoms with Gasteiger partial charge in [0.15, 0.2) is 11.6 Å². The molecule has 0 aromatic heterocycles. The van der Waals surface area contributed by atoms with E-state index in [1.165, 1.54) is 0 Å². The average Bonchev–Trinajstić information content (AvgIpc) is 3.46. The summed E-state index contributed by atoms with van der Waals surface area (Å²) < 4.78 is 35.0. The highest BCUT2D eigenvalue weighted by Crippen LogP contribution is 2.37. The number of carbonyl (C=O) groups is 2. The fraction of sp³-hybridized carbons (Fsp3) is 0.714. The lowest BCUT2D eigenvalue weighted by atomic mass is 9.98. The second-order valence-corrected chi connectivity index (χ2v) is 11.4. The molecule has 2 aliphatic heterocycles. The Hall–Kier alpha value is -2.08. The van der Waals surface area contributed by atoms with Crippen LogP contribution in [0.3, 0.4) is 0 Å². The molecule has 38 heavy (non-hydrogen) atoms. The van der Waals surface area contributed by atoms with Crippen molar-refractivity contribution in [3.05, 3.63) is 29.8 Å². The zero-order chi connectivity index (χ0) is 27.9. The summed E-state index contributed by atoms with van der Waals surface area (Å²) in [6, 6.07) is 7.79. The van der Waals surface area contributed by atoms with Crippen LogP contribution in [0.1, 0.15) is 65.9 Å². The third-order valence-corrected chi connectivity index (χ3v) is 6.72. The molecular weight excluding hydrogens is 492 g/mol. The van der Waals surface area contributed by atoms with Crippen molar-refractivity contribution in [2.24, 2.45) is 5.73 Å². The molecule has 0 unspecified atom stereocenters. The van der Waals surface area contributed by atoms with E-state index < -0.39 is 28.7 Å². The lowest BCUT2D eigenvalue weighted by Gasteiger charge is -2.34. The molecule has 0 saturated carbocycles. The number of rotatable bonds is 15. The topological polar surface area (TPSA) is 128 Å². The van der Waals surface area contributed by atoms with Crippen LogP contribution in [-0.4, -0.2) is 74.2 Å². The lowest BCUT2D eigenvalue weighted by Crippen LogP contribution is -2.41. The van der Waals surface area contributed by atoms with E-state index in [0.29, 0.717) is 52.3 Å². The van der Waals surface area contributed by atoms with Gasteiger partial charge < -0.3 is 39.5 Å². The van der Waals surface area contributed by atoms with Gasteiger partial charge in [-0.1, -0.05) is 12.1 Å². The van der Waals surface area contributed by atoms with E-state index in [4.69, 9.17) is 34.2 Å². The van der Waals surface area contributed by atoms with Crippen molar-refractivity contribution < 1.29 is 38.0 Å². The monoisotopic (exact) mass is 536 g/mol. The van der Waals surface area contributed by atoms with E-state index in [9.17, 15) is 9.59 Å². The Morgan fingerprint density at radius 1 is 0.947 bits per heavy atom. The SMILES string of the molecule is CC(C)(CCOC(C)(C)CC(=O)Nc1ccc(CCC2(CC3(C)OCCO3)OCCO2)cc1)OCC(N)=O. The number of ether oxygens (including phenoxy) is 6. The van der Waals surface area contributed by atoms with Crippen molar-refractivity contribution in [3.63, 3.8) is 0 Å². The Labute approximate surface area is 225 Å². The summed E-state index contributed by atoms with van der Waals surface area (Å²) in [6.07, 6.45) is 2.70. The molecule has 214 valence electrons. The van der Waals surface area contributed by atoms with Gasteiger partial charge in [0.1, 0.15) is 6.61 Å². The number of amides is 2. The molecule has 2 saturated heterocycles.